The highest BCUT2D eigenvalue weighted by Crippen LogP contribution is 2.22. The molecule has 0 bridgehead atoms. The van der Waals surface area contributed by atoms with Gasteiger partial charge >= 0.3 is 0 Å². The number of rotatable bonds is 4. The van der Waals surface area contributed by atoms with Crippen LogP contribution in [-0.4, -0.2) is 14.5 Å². The Morgan fingerprint density at radius 2 is 2.00 bits per heavy atom. The van der Waals surface area contributed by atoms with Gasteiger partial charge in [0.25, 0.3) is 5.56 Å². The van der Waals surface area contributed by atoms with Crippen LogP contribution in [0.4, 0.5) is 16.0 Å². The number of nitrogens with one attached hydrogen (secondary N) is 1. The number of nitrogens with two attached hydrogens (primary N) is 1. The molecule has 0 radical (unpaired) electrons. The molecule has 7 nitrogen and oxygen atoms in total. The SMILES string of the molecule is Cc1cccc2cc(CNc3ncnc(N)c3C#N)n(-c3ccccc3F)c(=O)c12. The Morgan fingerprint density at radius 1 is 1.20 bits per heavy atom. The lowest BCUT2D eigenvalue weighted by Gasteiger charge is -2.17. The van der Waals surface area contributed by atoms with Gasteiger partial charge in [-0.25, -0.2) is 14.4 Å². The second-order valence-electron chi connectivity index (χ2n) is 6.71. The Labute approximate surface area is 171 Å². The number of nitriles is 1. The van der Waals surface area contributed by atoms with Crippen LogP contribution in [0.3, 0.4) is 0 Å². The predicted molar refractivity (Wildman–Crippen MR) is 113 cm³/mol. The number of hydrogen-bond acceptors (Lipinski definition) is 6. The van der Waals surface area contributed by atoms with Gasteiger partial charge in [0.1, 0.15) is 35.4 Å². The van der Waals surface area contributed by atoms with E-state index in [4.69, 9.17) is 5.73 Å². The van der Waals surface area contributed by atoms with E-state index in [1.807, 2.05) is 37.3 Å². The first kappa shape index (κ1) is 19.1. The molecule has 0 spiro atoms. The van der Waals surface area contributed by atoms with Crippen molar-refractivity contribution in [1.29, 1.82) is 5.26 Å². The highest BCUT2D eigenvalue weighted by Gasteiger charge is 2.16. The van der Waals surface area contributed by atoms with Gasteiger partial charge in [-0.1, -0.05) is 30.3 Å². The molecule has 2 aromatic heterocycles. The van der Waals surface area contributed by atoms with E-state index in [2.05, 4.69) is 15.3 Å². The summed E-state index contributed by atoms with van der Waals surface area (Å²) in [4.78, 5) is 21.2. The van der Waals surface area contributed by atoms with Gasteiger partial charge in [0.15, 0.2) is 0 Å². The molecule has 2 heterocycles. The summed E-state index contributed by atoms with van der Waals surface area (Å²) in [5, 5.41) is 13.6. The van der Waals surface area contributed by atoms with Crippen molar-refractivity contribution in [3.8, 4) is 11.8 Å². The van der Waals surface area contributed by atoms with Crippen LogP contribution in [0.1, 0.15) is 16.8 Å². The number of aromatic nitrogens is 3. The second-order valence-corrected chi connectivity index (χ2v) is 6.71. The van der Waals surface area contributed by atoms with Crippen LogP contribution in [0, 0.1) is 24.1 Å². The summed E-state index contributed by atoms with van der Waals surface area (Å²) in [7, 11) is 0. The normalized spacial score (nSPS) is 10.7. The summed E-state index contributed by atoms with van der Waals surface area (Å²) in [6.07, 6.45) is 1.24. The summed E-state index contributed by atoms with van der Waals surface area (Å²) in [6, 6.07) is 15.4. The molecule has 0 atom stereocenters. The van der Waals surface area contributed by atoms with Gasteiger partial charge in [0.05, 0.1) is 17.6 Å². The van der Waals surface area contributed by atoms with Gasteiger partial charge in [-0.15, -0.1) is 0 Å². The zero-order valence-corrected chi connectivity index (χ0v) is 16.1. The molecule has 0 saturated heterocycles. The molecule has 0 amide bonds. The van der Waals surface area contributed by atoms with Gasteiger partial charge in [-0.3, -0.25) is 9.36 Å². The van der Waals surface area contributed by atoms with Crippen LogP contribution < -0.4 is 16.6 Å². The minimum atomic E-state index is -0.516. The molecule has 0 unspecified atom stereocenters. The molecule has 4 aromatic rings. The number of fused-ring (bicyclic) bond motifs is 1. The lowest BCUT2D eigenvalue weighted by molar-refractivity contribution is 0.614. The minimum absolute atomic E-state index is 0.0515. The second kappa shape index (κ2) is 7.64. The van der Waals surface area contributed by atoms with Crippen molar-refractivity contribution >= 4 is 22.4 Å². The lowest BCUT2D eigenvalue weighted by atomic mass is 10.1. The van der Waals surface area contributed by atoms with Crippen LogP contribution in [-0.2, 0) is 6.54 Å². The standard InChI is InChI=1S/C22H17FN6O/c1-13-5-4-6-14-9-15(11-26-21-16(10-24)20(25)27-12-28-21)29(22(30)19(13)14)18-8-3-2-7-17(18)23/h2-9,12H,11H2,1H3,(H3,25,26,27,28). The fourth-order valence-electron chi connectivity index (χ4n) is 3.43. The molecule has 3 N–H and O–H groups in total. The molecule has 148 valence electrons. The van der Waals surface area contributed by atoms with E-state index < -0.39 is 5.82 Å². The van der Waals surface area contributed by atoms with E-state index in [0.29, 0.717) is 11.1 Å². The number of aryl methyl sites for hydroxylation is 1. The Bertz CT molecular complexity index is 1370. The number of anilines is 2. The third kappa shape index (κ3) is 3.22. The average molecular weight is 400 g/mol. The quantitative estimate of drug-likeness (QED) is 0.544. The zero-order chi connectivity index (χ0) is 21.3. The first-order valence-electron chi connectivity index (χ1n) is 9.15. The van der Waals surface area contributed by atoms with E-state index in [1.165, 1.54) is 17.0 Å². The van der Waals surface area contributed by atoms with Crippen LogP contribution in [0.15, 0.2) is 59.7 Å². The number of para-hydroxylation sites is 1. The average Bonchev–Trinajstić information content (AvgIpc) is 2.73. The molecule has 0 aliphatic heterocycles. The molecule has 4 rings (SSSR count). The zero-order valence-electron chi connectivity index (χ0n) is 16.1. The van der Waals surface area contributed by atoms with Gasteiger partial charge < -0.3 is 11.1 Å². The number of nitrogens with zero attached hydrogens (tertiary/aromatic N) is 4. The van der Waals surface area contributed by atoms with Crippen molar-refractivity contribution < 1.29 is 4.39 Å². The molecular weight excluding hydrogens is 383 g/mol. The van der Waals surface area contributed by atoms with Crippen LogP contribution in [0.25, 0.3) is 16.5 Å². The molecule has 0 aliphatic carbocycles. The molecule has 30 heavy (non-hydrogen) atoms. The lowest BCUT2D eigenvalue weighted by Crippen LogP contribution is -2.25. The molecule has 2 aromatic carbocycles. The van der Waals surface area contributed by atoms with Crippen molar-refractivity contribution in [2.75, 3.05) is 11.1 Å². The third-order valence-electron chi connectivity index (χ3n) is 4.85. The monoisotopic (exact) mass is 400 g/mol. The fraction of sp³-hybridized carbons (Fsp3) is 0.0909. The molecular formula is C22H17FN6O. The Hall–Kier alpha value is -4.25. The maximum Gasteiger partial charge on any atom is 0.263 e. The highest BCUT2D eigenvalue weighted by atomic mass is 19.1. The summed E-state index contributed by atoms with van der Waals surface area (Å²) in [6.45, 7) is 1.95. The Morgan fingerprint density at radius 3 is 2.77 bits per heavy atom. The molecule has 8 heteroatoms. The summed E-state index contributed by atoms with van der Waals surface area (Å²) in [5.74, 6) is -0.227. The van der Waals surface area contributed by atoms with E-state index in [0.717, 1.165) is 10.9 Å². The van der Waals surface area contributed by atoms with Crippen LogP contribution in [0.2, 0.25) is 0 Å². The van der Waals surface area contributed by atoms with E-state index >= 15 is 0 Å². The number of benzene rings is 2. The summed E-state index contributed by atoms with van der Waals surface area (Å²) < 4.78 is 16.0. The smallest absolute Gasteiger partial charge is 0.263 e. The number of hydrogen-bond donors (Lipinski definition) is 2. The largest absolute Gasteiger partial charge is 0.382 e. The first-order valence-corrected chi connectivity index (χ1v) is 9.15. The molecule has 0 aliphatic rings. The number of halogens is 1. The first-order chi connectivity index (χ1) is 14.5. The highest BCUT2D eigenvalue weighted by molar-refractivity contribution is 5.85. The molecule has 0 fully saturated rings. The number of pyridine rings is 1. The van der Waals surface area contributed by atoms with Gasteiger partial charge in [-0.2, -0.15) is 5.26 Å². The maximum absolute atomic E-state index is 14.6. The van der Waals surface area contributed by atoms with Crippen molar-refractivity contribution in [1.82, 2.24) is 14.5 Å². The Kier molecular flexibility index (Phi) is 4.86. The van der Waals surface area contributed by atoms with Gasteiger partial charge in [0.2, 0.25) is 0 Å². The van der Waals surface area contributed by atoms with Crippen LogP contribution in [0.5, 0.6) is 0 Å². The topological polar surface area (TPSA) is 110 Å². The summed E-state index contributed by atoms with van der Waals surface area (Å²) >= 11 is 0. The molecule has 0 saturated carbocycles. The summed E-state index contributed by atoms with van der Waals surface area (Å²) in [5.41, 5.74) is 6.97. The predicted octanol–water partition coefficient (Wildman–Crippen LogP) is 3.29. The third-order valence-corrected chi connectivity index (χ3v) is 4.85. The van der Waals surface area contributed by atoms with Gasteiger partial charge in [-0.05, 0) is 36.1 Å². The Balaban J connectivity index is 1.90. The van der Waals surface area contributed by atoms with E-state index in [1.54, 1.807) is 18.2 Å². The van der Waals surface area contributed by atoms with Crippen LogP contribution >= 0.6 is 0 Å². The van der Waals surface area contributed by atoms with Crippen molar-refractivity contribution in [3.05, 3.63) is 87.9 Å². The van der Waals surface area contributed by atoms with Crippen molar-refractivity contribution in [3.63, 3.8) is 0 Å². The van der Waals surface area contributed by atoms with Crippen molar-refractivity contribution in [2.24, 2.45) is 0 Å². The van der Waals surface area contributed by atoms with E-state index in [-0.39, 0.29) is 35.0 Å². The van der Waals surface area contributed by atoms with E-state index in [9.17, 15) is 14.4 Å². The number of nitrogen functional groups attached to an aromatic ring is 1. The van der Waals surface area contributed by atoms with Gasteiger partial charge in [0, 0.05) is 5.69 Å². The van der Waals surface area contributed by atoms with Crippen molar-refractivity contribution in [2.45, 2.75) is 13.5 Å². The minimum Gasteiger partial charge on any atom is -0.382 e. The maximum atomic E-state index is 14.6. The fourth-order valence-corrected chi connectivity index (χ4v) is 3.43.